The molecular weight excluding hydrogens is 318 g/mol. The molecule has 25 heavy (non-hydrogen) atoms. The molecule has 3 N–H and O–H groups in total. The van der Waals surface area contributed by atoms with E-state index in [-0.39, 0.29) is 33.8 Å². The van der Waals surface area contributed by atoms with E-state index in [2.05, 4.69) is 34.6 Å². The molecule has 0 aromatic rings. The summed E-state index contributed by atoms with van der Waals surface area (Å²) in [6.45, 7) is 10.4. The first-order chi connectivity index (χ1) is 11.1. The van der Waals surface area contributed by atoms with Gasteiger partial charge < -0.3 is 5.48 Å². The molecule has 0 saturated carbocycles. The predicted octanol–water partition coefficient (Wildman–Crippen LogP) is 3.57. The number of nitrogens with zero attached hydrogens (tertiary/aromatic N) is 1. The summed E-state index contributed by atoms with van der Waals surface area (Å²) in [7, 11) is 0. The minimum atomic E-state index is -0.153. The van der Waals surface area contributed by atoms with Crippen molar-refractivity contribution >= 4 is 11.6 Å². The Kier molecular flexibility index (Phi) is 5.05. The minimum Gasteiger partial charge on any atom is -0.412 e. The van der Waals surface area contributed by atoms with E-state index in [1.165, 1.54) is 5.06 Å². The van der Waals surface area contributed by atoms with Crippen molar-refractivity contribution < 1.29 is 20.3 Å². The van der Waals surface area contributed by atoms with Gasteiger partial charge in [0.25, 0.3) is 0 Å². The van der Waals surface area contributed by atoms with Gasteiger partial charge in [-0.2, -0.15) is 0 Å². The van der Waals surface area contributed by atoms with Gasteiger partial charge in [0.05, 0.1) is 11.4 Å². The van der Waals surface area contributed by atoms with Gasteiger partial charge in [-0.05, 0) is 30.1 Å². The summed E-state index contributed by atoms with van der Waals surface area (Å²) >= 11 is 0. The molecule has 3 aliphatic rings. The number of ketones is 2. The Labute approximate surface area is 150 Å². The number of hydroxylamine groups is 2. The van der Waals surface area contributed by atoms with Crippen LogP contribution in [0.1, 0.15) is 73.1 Å². The smallest absolute Gasteiger partial charge is 0.161 e. The van der Waals surface area contributed by atoms with Crippen molar-refractivity contribution in [1.82, 2.24) is 5.06 Å². The molecule has 5 heteroatoms. The van der Waals surface area contributed by atoms with Crippen LogP contribution in [0, 0.1) is 16.7 Å². The average Bonchev–Trinajstić information content (AvgIpc) is 2.41. The van der Waals surface area contributed by atoms with Gasteiger partial charge in [-0.3, -0.25) is 14.8 Å². The first-order valence-corrected chi connectivity index (χ1v) is 9.08. The van der Waals surface area contributed by atoms with Gasteiger partial charge >= 0.3 is 0 Å². The summed E-state index contributed by atoms with van der Waals surface area (Å²) in [4.78, 5) is 25.7. The van der Waals surface area contributed by atoms with Crippen LogP contribution in [0.5, 0.6) is 0 Å². The summed E-state index contributed by atoms with van der Waals surface area (Å²) in [5, 5.41) is 12.1. The van der Waals surface area contributed by atoms with Crippen LogP contribution in [-0.4, -0.2) is 27.3 Å². The topological polar surface area (TPSA) is 89.1 Å². The molecule has 0 spiro atoms. The summed E-state index contributed by atoms with van der Waals surface area (Å²) < 4.78 is 0. The quantitative estimate of drug-likeness (QED) is 0.825. The van der Waals surface area contributed by atoms with Gasteiger partial charge in [0.15, 0.2) is 11.6 Å². The molecule has 3 rings (SSSR count). The lowest BCUT2D eigenvalue weighted by atomic mass is 9.64. The Morgan fingerprint density at radius 1 is 0.920 bits per heavy atom. The first-order valence-electron chi connectivity index (χ1n) is 9.08. The highest BCUT2D eigenvalue weighted by Crippen LogP contribution is 2.51. The second-order valence-electron chi connectivity index (χ2n) is 9.26. The van der Waals surface area contributed by atoms with Crippen molar-refractivity contribution in [2.24, 2.45) is 16.7 Å². The van der Waals surface area contributed by atoms with Gasteiger partial charge in [-0.15, -0.1) is 0 Å². The molecule has 1 aliphatic heterocycles. The minimum absolute atomic E-state index is 0. The first kappa shape index (κ1) is 19.9. The fourth-order valence-corrected chi connectivity index (χ4v) is 4.66. The second kappa shape index (κ2) is 6.36. The van der Waals surface area contributed by atoms with Crippen LogP contribution in [0.4, 0.5) is 0 Å². The summed E-state index contributed by atoms with van der Waals surface area (Å²) in [6.07, 6.45) is 4.04. The van der Waals surface area contributed by atoms with E-state index >= 15 is 0 Å². The molecule has 0 bridgehead atoms. The maximum Gasteiger partial charge on any atom is 0.161 e. The molecule has 0 fully saturated rings. The van der Waals surface area contributed by atoms with Crippen LogP contribution in [0.15, 0.2) is 22.5 Å². The Bertz CT molecular complexity index is 615. The molecule has 0 unspecified atom stereocenters. The van der Waals surface area contributed by atoms with E-state index in [9.17, 15) is 14.8 Å². The molecule has 0 atom stereocenters. The standard InChI is InChI=1S/C20H29NO3.H2O/c1-6-7-12-17-13(8-19(2,3)10-15(17)22)21(24)14-9-20(4,5)11-16(23)18(12)14;/h12,24H,6-11H2,1-5H3;1H2. The van der Waals surface area contributed by atoms with Crippen molar-refractivity contribution in [3.8, 4) is 0 Å². The van der Waals surface area contributed by atoms with Gasteiger partial charge in [0, 0.05) is 29.9 Å². The van der Waals surface area contributed by atoms with Gasteiger partial charge in [0.1, 0.15) is 0 Å². The SMILES string of the molecule is CCCC1C2=C(CC(C)(C)CC2=O)N(O)C2=C1C(=O)CC(C)(C)C2.O. The Morgan fingerprint density at radius 2 is 1.32 bits per heavy atom. The maximum atomic E-state index is 12.9. The van der Waals surface area contributed by atoms with E-state index in [1.54, 1.807) is 0 Å². The lowest BCUT2D eigenvalue weighted by molar-refractivity contribution is -0.123. The largest absolute Gasteiger partial charge is 0.412 e. The van der Waals surface area contributed by atoms with Crippen LogP contribution in [0.25, 0.3) is 0 Å². The third-order valence-corrected chi connectivity index (χ3v) is 5.58. The normalized spacial score (nSPS) is 25.6. The number of carbonyl (C=O) groups is 2. The van der Waals surface area contributed by atoms with Crippen molar-refractivity contribution in [1.29, 1.82) is 0 Å². The number of hydrogen-bond donors (Lipinski definition) is 1. The number of hydrogen-bond acceptors (Lipinski definition) is 4. The van der Waals surface area contributed by atoms with Crippen molar-refractivity contribution in [2.45, 2.75) is 73.1 Å². The molecule has 140 valence electrons. The Morgan fingerprint density at radius 3 is 1.68 bits per heavy atom. The second-order valence-corrected chi connectivity index (χ2v) is 9.26. The van der Waals surface area contributed by atoms with E-state index < -0.39 is 0 Å². The summed E-state index contributed by atoms with van der Waals surface area (Å²) in [5.74, 6) is 0.0708. The number of Topliss-reactive ketones (excluding diaryl/α,β-unsaturated/α-hetero) is 2. The van der Waals surface area contributed by atoms with E-state index in [1.807, 2.05) is 0 Å². The summed E-state index contributed by atoms with van der Waals surface area (Å²) in [5.41, 5.74) is 2.56. The fourth-order valence-electron chi connectivity index (χ4n) is 4.66. The highest BCUT2D eigenvalue weighted by Gasteiger charge is 2.48. The lowest BCUT2D eigenvalue weighted by Crippen LogP contribution is -2.44. The zero-order chi connectivity index (χ0) is 17.9. The van der Waals surface area contributed by atoms with Gasteiger partial charge in [-0.25, -0.2) is 5.06 Å². The number of rotatable bonds is 2. The molecule has 0 aromatic carbocycles. The van der Waals surface area contributed by atoms with E-state index in [4.69, 9.17) is 0 Å². The average molecular weight is 349 g/mol. The van der Waals surface area contributed by atoms with Gasteiger partial charge in [-0.1, -0.05) is 41.0 Å². The molecule has 5 nitrogen and oxygen atoms in total. The molecule has 0 amide bonds. The van der Waals surface area contributed by atoms with Crippen LogP contribution in [-0.2, 0) is 9.59 Å². The number of allylic oxidation sites excluding steroid dienone is 4. The molecule has 0 aromatic heterocycles. The van der Waals surface area contributed by atoms with Crippen LogP contribution < -0.4 is 0 Å². The number of carbonyl (C=O) groups excluding carboxylic acids is 2. The Hall–Kier alpha value is -1.46. The monoisotopic (exact) mass is 349 g/mol. The molecular formula is C20H31NO4. The van der Waals surface area contributed by atoms with Crippen LogP contribution in [0.2, 0.25) is 0 Å². The van der Waals surface area contributed by atoms with Crippen molar-refractivity contribution in [3.63, 3.8) is 0 Å². The van der Waals surface area contributed by atoms with Gasteiger partial charge in [0.2, 0.25) is 0 Å². The highest BCUT2D eigenvalue weighted by molar-refractivity contribution is 6.05. The fraction of sp³-hybridized carbons (Fsp3) is 0.700. The maximum absolute atomic E-state index is 12.9. The predicted molar refractivity (Wildman–Crippen MR) is 95.7 cm³/mol. The zero-order valence-electron chi connectivity index (χ0n) is 16.0. The molecule has 1 heterocycles. The van der Waals surface area contributed by atoms with Crippen LogP contribution >= 0.6 is 0 Å². The van der Waals surface area contributed by atoms with Crippen molar-refractivity contribution in [2.75, 3.05) is 0 Å². The third kappa shape index (κ3) is 3.32. The lowest BCUT2D eigenvalue weighted by Gasteiger charge is -2.46. The van der Waals surface area contributed by atoms with E-state index in [0.29, 0.717) is 36.8 Å². The molecule has 0 radical (unpaired) electrons. The van der Waals surface area contributed by atoms with E-state index in [0.717, 1.165) is 24.2 Å². The zero-order valence-corrected chi connectivity index (χ0v) is 16.0. The molecule has 2 aliphatic carbocycles. The Balaban J connectivity index is 0.00000225. The van der Waals surface area contributed by atoms with Crippen LogP contribution in [0.3, 0.4) is 0 Å². The molecule has 0 saturated heterocycles. The third-order valence-electron chi connectivity index (χ3n) is 5.58. The highest BCUT2D eigenvalue weighted by atomic mass is 16.5. The summed E-state index contributed by atoms with van der Waals surface area (Å²) in [6, 6.07) is 0. The van der Waals surface area contributed by atoms with Crippen molar-refractivity contribution in [3.05, 3.63) is 22.5 Å².